The van der Waals surface area contributed by atoms with E-state index < -0.39 is 0 Å². The van der Waals surface area contributed by atoms with Crippen molar-refractivity contribution in [2.45, 2.75) is 32.9 Å². The summed E-state index contributed by atoms with van der Waals surface area (Å²) in [7, 11) is 0. The molecule has 5 nitrogen and oxygen atoms in total. The Morgan fingerprint density at radius 2 is 2.26 bits per heavy atom. The van der Waals surface area contributed by atoms with Crippen molar-refractivity contribution in [2.75, 3.05) is 6.54 Å². The lowest BCUT2D eigenvalue weighted by atomic mass is 10.1. The van der Waals surface area contributed by atoms with Crippen LogP contribution in [0.5, 0.6) is 5.75 Å². The Hall–Kier alpha value is -1.88. The van der Waals surface area contributed by atoms with Gasteiger partial charge in [0.25, 0.3) is 0 Å². The Morgan fingerprint density at radius 1 is 1.37 bits per heavy atom. The number of ether oxygens (including phenoxy) is 1. The highest BCUT2D eigenvalue weighted by Crippen LogP contribution is 2.29. The molecule has 2 aromatic rings. The molecule has 0 bridgehead atoms. The molecular formula is C14H17N3O2. The summed E-state index contributed by atoms with van der Waals surface area (Å²) in [6, 6.07) is 6.32. The molecule has 1 aromatic heterocycles. The van der Waals surface area contributed by atoms with E-state index >= 15 is 0 Å². The summed E-state index contributed by atoms with van der Waals surface area (Å²) in [6.07, 6.45) is 1.13. The summed E-state index contributed by atoms with van der Waals surface area (Å²) < 4.78 is 10.9. The highest BCUT2D eigenvalue weighted by Gasteiger charge is 2.22. The Bertz CT molecular complexity index is 580. The molecule has 2 heterocycles. The Balaban J connectivity index is 1.51. The monoisotopic (exact) mass is 259 g/mol. The molecule has 1 aromatic carbocycles. The van der Waals surface area contributed by atoms with Gasteiger partial charge in [0.15, 0.2) is 5.82 Å². The first-order valence-electron chi connectivity index (χ1n) is 6.47. The molecule has 1 unspecified atom stereocenters. The second kappa shape index (κ2) is 5.01. The van der Waals surface area contributed by atoms with E-state index in [4.69, 9.17) is 9.26 Å². The van der Waals surface area contributed by atoms with Crippen LogP contribution in [0.1, 0.15) is 22.8 Å². The van der Waals surface area contributed by atoms with Crippen LogP contribution in [0.3, 0.4) is 0 Å². The van der Waals surface area contributed by atoms with E-state index in [1.165, 1.54) is 11.1 Å². The molecule has 0 radical (unpaired) electrons. The first-order chi connectivity index (χ1) is 9.20. The first kappa shape index (κ1) is 12.2. The van der Waals surface area contributed by atoms with Crippen LogP contribution in [-0.4, -0.2) is 22.8 Å². The molecule has 0 fully saturated rings. The van der Waals surface area contributed by atoms with Gasteiger partial charge in [-0.2, -0.15) is 4.98 Å². The number of fused-ring (bicyclic) bond motifs is 1. The van der Waals surface area contributed by atoms with E-state index in [1.807, 2.05) is 13.0 Å². The quantitative estimate of drug-likeness (QED) is 0.907. The Labute approximate surface area is 112 Å². The van der Waals surface area contributed by atoms with Crippen molar-refractivity contribution < 1.29 is 9.26 Å². The minimum absolute atomic E-state index is 0.181. The lowest BCUT2D eigenvalue weighted by Crippen LogP contribution is -2.29. The maximum atomic E-state index is 5.88. The second-order valence-corrected chi connectivity index (χ2v) is 4.92. The summed E-state index contributed by atoms with van der Waals surface area (Å²) in [5.74, 6) is 2.28. The van der Waals surface area contributed by atoms with Gasteiger partial charge in [-0.15, -0.1) is 0 Å². The molecule has 0 saturated carbocycles. The van der Waals surface area contributed by atoms with E-state index in [-0.39, 0.29) is 6.10 Å². The molecule has 1 aliphatic rings. The van der Waals surface area contributed by atoms with Crippen LogP contribution in [-0.2, 0) is 13.0 Å². The van der Waals surface area contributed by atoms with Crippen molar-refractivity contribution in [3.05, 3.63) is 41.0 Å². The molecule has 0 spiro atoms. The molecule has 100 valence electrons. The average molecular weight is 259 g/mol. The molecule has 0 aliphatic carbocycles. The predicted octanol–water partition coefficient (Wildman–Crippen LogP) is 1.78. The van der Waals surface area contributed by atoms with E-state index in [2.05, 4.69) is 34.5 Å². The summed E-state index contributed by atoms with van der Waals surface area (Å²) >= 11 is 0. The summed E-state index contributed by atoms with van der Waals surface area (Å²) in [6.45, 7) is 5.26. The lowest BCUT2D eigenvalue weighted by molar-refractivity contribution is 0.224. The number of aromatic nitrogens is 2. The van der Waals surface area contributed by atoms with E-state index in [1.54, 1.807) is 0 Å². The van der Waals surface area contributed by atoms with Crippen molar-refractivity contribution in [1.29, 1.82) is 0 Å². The lowest BCUT2D eigenvalue weighted by Gasteiger charge is -2.10. The molecular weight excluding hydrogens is 242 g/mol. The molecule has 1 N–H and O–H groups in total. The average Bonchev–Trinajstić information content (AvgIpc) is 2.95. The maximum absolute atomic E-state index is 5.88. The van der Waals surface area contributed by atoms with Crippen LogP contribution in [0.25, 0.3) is 0 Å². The van der Waals surface area contributed by atoms with Gasteiger partial charge < -0.3 is 14.6 Å². The summed E-state index contributed by atoms with van der Waals surface area (Å²) in [5.41, 5.74) is 2.57. The normalized spacial score (nSPS) is 17.3. The number of hydrogen-bond donors (Lipinski definition) is 1. The molecule has 1 atom stereocenters. The van der Waals surface area contributed by atoms with Crippen LogP contribution in [0.2, 0.25) is 0 Å². The zero-order valence-electron chi connectivity index (χ0n) is 11.1. The molecule has 5 heteroatoms. The standard InChI is InChI=1S/C14H17N3O2/c1-9-3-4-13-11(5-9)6-12(18-13)7-15-8-14-16-10(2)17-19-14/h3-5,12,15H,6-8H2,1-2H3. The minimum Gasteiger partial charge on any atom is -0.488 e. The van der Waals surface area contributed by atoms with Gasteiger partial charge in [-0.3, -0.25) is 0 Å². The Kier molecular flexibility index (Phi) is 3.21. The molecule has 3 rings (SSSR count). The van der Waals surface area contributed by atoms with Crippen molar-refractivity contribution in [1.82, 2.24) is 15.5 Å². The number of nitrogens with one attached hydrogen (secondary N) is 1. The van der Waals surface area contributed by atoms with Crippen molar-refractivity contribution in [3.63, 3.8) is 0 Å². The van der Waals surface area contributed by atoms with Gasteiger partial charge in [-0.1, -0.05) is 22.9 Å². The fourth-order valence-electron chi connectivity index (χ4n) is 2.31. The van der Waals surface area contributed by atoms with E-state index in [0.717, 1.165) is 18.7 Å². The molecule has 19 heavy (non-hydrogen) atoms. The molecule has 1 aliphatic heterocycles. The second-order valence-electron chi connectivity index (χ2n) is 4.92. The van der Waals surface area contributed by atoms with Crippen molar-refractivity contribution >= 4 is 0 Å². The van der Waals surface area contributed by atoms with E-state index in [0.29, 0.717) is 18.3 Å². The van der Waals surface area contributed by atoms with Crippen LogP contribution < -0.4 is 10.1 Å². The van der Waals surface area contributed by atoms with Gasteiger partial charge >= 0.3 is 0 Å². The van der Waals surface area contributed by atoms with Crippen LogP contribution in [0.15, 0.2) is 22.7 Å². The van der Waals surface area contributed by atoms with Gasteiger partial charge in [0, 0.05) is 13.0 Å². The largest absolute Gasteiger partial charge is 0.488 e. The first-order valence-corrected chi connectivity index (χ1v) is 6.47. The number of rotatable bonds is 4. The smallest absolute Gasteiger partial charge is 0.240 e. The third kappa shape index (κ3) is 2.76. The van der Waals surface area contributed by atoms with Gasteiger partial charge in [0.05, 0.1) is 6.54 Å². The fraction of sp³-hybridized carbons (Fsp3) is 0.429. The van der Waals surface area contributed by atoms with Gasteiger partial charge in [0.2, 0.25) is 5.89 Å². The van der Waals surface area contributed by atoms with Crippen LogP contribution in [0.4, 0.5) is 0 Å². The van der Waals surface area contributed by atoms with Crippen LogP contribution in [0, 0.1) is 13.8 Å². The molecule has 0 saturated heterocycles. The number of hydrogen-bond acceptors (Lipinski definition) is 5. The minimum atomic E-state index is 0.181. The number of aryl methyl sites for hydroxylation is 2. The van der Waals surface area contributed by atoms with Gasteiger partial charge in [-0.25, -0.2) is 0 Å². The predicted molar refractivity (Wildman–Crippen MR) is 70.0 cm³/mol. The Morgan fingerprint density at radius 3 is 3.05 bits per heavy atom. The summed E-state index contributed by atoms with van der Waals surface area (Å²) in [5, 5.41) is 7.04. The highest BCUT2D eigenvalue weighted by atomic mass is 16.5. The number of nitrogens with zero attached hydrogens (tertiary/aromatic N) is 2. The third-order valence-electron chi connectivity index (χ3n) is 3.18. The van der Waals surface area contributed by atoms with Crippen LogP contribution >= 0.6 is 0 Å². The third-order valence-corrected chi connectivity index (χ3v) is 3.18. The van der Waals surface area contributed by atoms with Crippen molar-refractivity contribution in [2.24, 2.45) is 0 Å². The maximum Gasteiger partial charge on any atom is 0.240 e. The fourth-order valence-corrected chi connectivity index (χ4v) is 2.31. The van der Waals surface area contributed by atoms with E-state index in [9.17, 15) is 0 Å². The zero-order valence-corrected chi connectivity index (χ0v) is 11.1. The van der Waals surface area contributed by atoms with Gasteiger partial charge in [0.1, 0.15) is 11.9 Å². The van der Waals surface area contributed by atoms with Gasteiger partial charge in [-0.05, 0) is 25.5 Å². The zero-order chi connectivity index (χ0) is 13.2. The number of benzene rings is 1. The van der Waals surface area contributed by atoms with Crippen molar-refractivity contribution in [3.8, 4) is 5.75 Å². The molecule has 0 amide bonds. The summed E-state index contributed by atoms with van der Waals surface area (Å²) in [4.78, 5) is 4.14. The SMILES string of the molecule is Cc1ccc2c(c1)CC(CNCc1nc(C)no1)O2. The highest BCUT2D eigenvalue weighted by molar-refractivity contribution is 5.40. The topological polar surface area (TPSA) is 60.2 Å².